The standard InChI is InChI=1S/C12H22N4O5/c1-6(2)14-10(18)7(3)15-12(21)16-8(11(19)20)4-5-9(13)17/h6-8H,4-5H2,1-3H3,(H2,13,17)(H,14,18)(H,19,20)(H2,15,16,21). The summed E-state index contributed by atoms with van der Waals surface area (Å²) in [6.45, 7) is 5.01. The highest BCUT2D eigenvalue weighted by Crippen LogP contribution is 1.97. The third-order valence-corrected chi connectivity index (χ3v) is 2.45. The summed E-state index contributed by atoms with van der Waals surface area (Å²) in [5.41, 5.74) is 4.93. The van der Waals surface area contributed by atoms with Gasteiger partial charge < -0.3 is 26.8 Å². The van der Waals surface area contributed by atoms with Crippen molar-refractivity contribution in [2.24, 2.45) is 5.73 Å². The molecule has 9 nitrogen and oxygen atoms in total. The predicted molar refractivity (Wildman–Crippen MR) is 74.3 cm³/mol. The van der Waals surface area contributed by atoms with Crippen LogP contribution in [0.5, 0.6) is 0 Å². The molecule has 0 bridgehead atoms. The van der Waals surface area contributed by atoms with Gasteiger partial charge in [0.15, 0.2) is 0 Å². The molecule has 6 N–H and O–H groups in total. The van der Waals surface area contributed by atoms with Crippen LogP contribution in [0.1, 0.15) is 33.6 Å². The van der Waals surface area contributed by atoms with E-state index in [1.165, 1.54) is 6.92 Å². The number of rotatable bonds is 8. The van der Waals surface area contributed by atoms with E-state index in [2.05, 4.69) is 16.0 Å². The number of primary amides is 1. The predicted octanol–water partition coefficient (Wildman–Crippen LogP) is -1.08. The molecule has 0 heterocycles. The molecule has 120 valence electrons. The number of carbonyl (C=O) groups is 4. The molecule has 0 aliphatic heterocycles. The van der Waals surface area contributed by atoms with E-state index < -0.39 is 30.0 Å². The molecule has 0 aliphatic rings. The van der Waals surface area contributed by atoms with Gasteiger partial charge >= 0.3 is 12.0 Å². The Balaban J connectivity index is 4.40. The Kier molecular flexibility index (Phi) is 7.80. The van der Waals surface area contributed by atoms with Crippen LogP contribution in [0, 0.1) is 0 Å². The zero-order valence-corrected chi connectivity index (χ0v) is 12.3. The second-order valence-corrected chi connectivity index (χ2v) is 4.90. The number of aliphatic carboxylic acids is 1. The van der Waals surface area contributed by atoms with E-state index in [0.29, 0.717) is 0 Å². The number of carbonyl (C=O) groups excluding carboxylic acids is 3. The summed E-state index contributed by atoms with van der Waals surface area (Å²) in [6, 6.07) is -2.96. The van der Waals surface area contributed by atoms with E-state index in [1.54, 1.807) is 13.8 Å². The van der Waals surface area contributed by atoms with E-state index in [-0.39, 0.29) is 24.8 Å². The topological polar surface area (TPSA) is 151 Å². The molecule has 0 aromatic rings. The van der Waals surface area contributed by atoms with Gasteiger partial charge in [-0.1, -0.05) is 0 Å². The van der Waals surface area contributed by atoms with Crippen LogP contribution in [-0.4, -0.2) is 47.0 Å². The first-order valence-corrected chi connectivity index (χ1v) is 6.52. The molecule has 0 rings (SSSR count). The van der Waals surface area contributed by atoms with Crippen molar-refractivity contribution in [3.63, 3.8) is 0 Å². The van der Waals surface area contributed by atoms with Crippen LogP contribution in [0.25, 0.3) is 0 Å². The van der Waals surface area contributed by atoms with E-state index in [0.717, 1.165) is 0 Å². The zero-order valence-electron chi connectivity index (χ0n) is 12.3. The molecule has 21 heavy (non-hydrogen) atoms. The Morgan fingerprint density at radius 1 is 1.05 bits per heavy atom. The van der Waals surface area contributed by atoms with Gasteiger partial charge in [0.05, 0.1) is 0 Å². The van der Waals surface area contributed by atoms with Gasteiger partial charge in [-0.3, -0.25) is 9.59 Å². The zero-order chi connectivity index (χ0) is 16.6. The van der Waals surface area contributed by atoms with Crippen molar-refractivity contribution in [1.29, 1.82) is 0 Å². The minimum absolute atomic E-state index is 0.0767. The molecule has 2 atom stereocenters. The maximum Gasteiger partial charge on any atom is 0.326 e. The van der Waals surface area contributed by atoms with Crippen molar-refractivity contribution in [1.82, 2.24) is 16.0 Å². The minimum Gasteiger partial charge on any atom is -0.480 e. The molecule has 0 radical (unpaired) electrons. The van der Waals surface area contributed by atoms with Gasteiger partial charge in [-0.15, -0.1) is 0 Å². The average Bonchev–Trinajstić information content (AvgIpc) is 2.32. The lowest BCUT2D eigenvalue weighted by Gasteiger charge is -2.18. The first-order valence-electron chi connectivity index (χ1n) is 6.52. The van der Waals surface area contributed by atoms with Gasteiger partial charge in [-0.05, 0) is 27.2 Å². The van der Waals surface area contributed by atoms with Crippen molar-refractivity contribution in [3.8, 4) is 0 Å². The van der Waals surface area contributed by atoms with Crippen LogP contribution in [0.4, 0.5) is 4.79 Å². The van der Waals surface area contributed by atoms with Crippen LogP contribution in [-0.2, 0) is 14.4 Å². The number of hydrogen-bond donors (Lipinski definition) is 5. The van der Waals surface area contributed by atoms with Gasteiger partial charge in [0.25, 0.3) is 0 Å². The summed E-state index contributed by atoms with van der Waals surface area (Å²) in [5.74, 6) is -2.33. The lowest BCUT2D eigenvalue weighted by Crippen LogP contribution is -2.53. The fourth-order valence-electron chi connectivity index (χ4n) is 1.42. The van der Waals surface area contributed by atoms with Crippen molar-refractivity contribution >= 4 is 23.8 Å². The minimum atomic E-state index is -1.29. The Labute approximate surface area is 122 Å². The molecule has 9 heteroatoms. The molecular weight excluding hydrogens is 280 g/mol. The van der Waals surface area contributed by atoms with Crippen molar-refractivity contribution < 1.29 is 24.3 Å². The third kappa shape index (κ3) is 8.45. The van der Waals surface area contributed by atoms with Crippen LogP contribution in [0.2, 0.25) is 0 Å². The number of carboxylic acids is 1. The number of hydrogen-bond acceptors (Lipinski definition) is 4. The van der Waals surface area contributed by atoms with Crippen LogP contribution in [0.15, 0.2) is 0 Å². The maximum atomic E-state index is 11.6. The number of nitrogens with one attached hydrogen (secondary N) is 3. The van der Waals surface area contributed by atoms with E-state index in [9.17, 15) is 19.2 Å². The summed E-state index contributed by atoms with van der Waals surface area (Å²) in [6.07, 6.45) is -0.286. The van der Waals surface area contributed by atoms with Gasteiger partial charge in [0.1, 0.15) is 12.1 Å². The lowest BCUT2D eigenvalue weighted by atomic mass is 10.1. The number of amides is 4. The molecule has 0 aliphatic carbocycles. The fraction of sp³-hybridized carbons (Fsp3) is 0.667. The van der Waals surface area contributed by atoms with Crippen LogP contribution < -0.4 is 21.7 Å². The van der Waals surface area contributed by atoms with Crippen molar-refractivity contribution in [2.75, 3.05) is 0 Å². The molecule has 0 spiro atoms. The number of urea groups is 1. The number of carboxylic acid groups (broad SMARTS) is 1. The summed E-state index contributed by atoms with van der Waals surface area (Å²) in [7, 11) is 0. The molecule has 2 unspecified atom stereocenters. The van der Waals surface area contributed by atoms with Crippen LogP contribution >= 0.6 is 0 Å². The molecule has 0 saturated heterocycles. The highest BCUT2D eigenvalue weighted by atomic mass is 16.4. The first kappa shape index (κ1) is 18.7. The van der Waals surface area contributed by atoms with Crippen molar-refractivity contribution in [2.45, 2.75) is 51.7 Å². The Bertz CT molecular complexity index is 410. The highest BCUT2D eigenvalue weighted by Gasteiger charge is 2.22. The Morgan fingerprint density at radius 3 is 2.05 bits per heavy atom. The summed E-state index contributed by atoms with van der Waals surface area (Å²) in [5, 5.41) is 16.0. The van der Waals surface area contributed by atoms with E-state index in [4.69, 9.17) is 10.8 Å². The molecule has 4 amide bonds. The molecule has 0 fully saturated rings. The molecule has 0 aromatic heterocycles. The molecule has 0 aromatic carbocycles. The Hall–Kier alpha value is -2.32. The molecular formula is C12H22N4O5. The summed E-state index contributed by atoms with van der Waals surface area (Å²) < 4.78 is 0. The molecule has 0 saturated carbocycles. The van der Waals surface area contributed by atoms with Gasteiger partial charge in [-0.2, -0.15) is 0 Å². The van der Waals surface area contributed by atoms with Gasteiger partial charge in [0, 0.05) is 12.5 Å². The maximum absolute atomic E-state index is 11.6. The second kappa shape index (κ2) is 8.77. The summed E-state index contributed by atoms with van der Waals surface area (Å²) >= 11 is 0. The summed E-state index contributed by atoms with van der Waals surface area (Å²) in [4.78, 5) is 44.8. The van der Waals surface area contributed by atoms with E-state index in [1.807, 2.05) is 0 Å². The van der Waals surface area contributed by atoms with Crippen molar-refractivity contribution in [3.05, 3.63) is 0 Å². The third-order valence-electron chi connectivity index (χ3n) is 2.45. The second-order valence-electron chi connectivity index (χ2n) is 4.90. The quantitative estimate of drug-likeness (QED) is 0.386. The van der Waals surface area contributed by atoms with Crippen LogP contribution in [0.3, 0.4) is 0 Å². The number of nitrogens with two attached hydrogens (primary N) is 1. The fourth-order valence-corrected chi connectivity index (χ4v) is 1.42. The lowest BCUT2D eigenvalue weighted by molar-refractivity contribution is -0.139. The average molecular weight is 302 g/mol. The SMILES string of the molecule is CC(C)NC(=O)C(C)NC(=O)NC(CCC(N)=O)C(=O)O. The monoisotopic (exact) mass is 302 g/mol. The largest absolute Gasteiger partial charge is 0.480 e. The van der Waals surface area contributed by atoms with Gasteiger partial charge in [0.2, 0.25) is 11.8 Å². The Morgan fingerprint density at radius 2 is 1.62 bits per heavy atom. The first-order chi connectivity index (χ1) is 9.63. The normalized spacial score (nSPS) is 13.1. The van der Waals surface area contributed by atoms with E-state index >= 15 is 0 Å². The smallest absolute Gasteiger partial charge is 0.326 e. The van der Waals surface area contributed by atoms with Gasteiger partial charge in [-0.25, -0.2) is 9.59 Å². The highest BCUT2D eigenvalue weighted by molar-refractivity contribution is 5.88.